The molecule has 2 saturated heterocycles. The summed E-state index contributed by atoms with van der Waals surface area (Å²) in [7, 11) is 0. The normalized spacial score (nSPS) is 23.9. The number of nitrogens with zero attached hydrogens (tertiary/aromatic N) is 2. The number of piperazine rings is 1. The summed E-state index contributed by atoms with van der Waals surface area (Å²) in [5.41, 5.74) is 5.41. The molecule has 110 valence electrons. The molecule has 2 rings (SSSR count). The smallest absolute Gasteiger partial charge is 0.410 e. The third-order valence-electron chi connectivity index (χ3n) is 3.72. The highest BCUT2D eigenvalue weighted by Gasteiger charge is 2.44. The van der Waals surface area contributed by atoms with Gasteiger partial charge in [0, 0.05) is 32.7 Å². The van der Waals surface area contributed by atoms with Crippen molar-refractivity contribution < 1.29 is 14.3 Å². The fourth-order valence-electron chi connectivity index (χ4n) is 2.46. The summed E-state index contributed by atoms with van der Waals surface area (Å²) in [5, 5.41) is 0. The van der Waals surface area contributed by atoms with Crippen LogP contribution in [0.15, 0.2) is 0 Å². The first-order chi connectivity index (χ1) is 8.86. The first kappa shape index (κ1) is 14.6. The Morgan fingerprint density at radius 2 is 1.84 bits per heavy atom. The van der Waals surface area contributed by atoms with Gasteiger partial charge in [0.15, 0.2) is 0 Å². The van der Waals surface area contributed by atoms with Crippen molar-refractivity contribution in [2.75, 3.05) is 45.9 Å². The maximum absolute atomic E-state index is 12.0. The van der Waals surface area contributed by atoms with Crippen LogP contribution in [-0.4, -0.2) is 73.0 Å². The molecule has 2 aliphatic rings. The molecular formula is C13H25N3O3. The first-order valence-electron chi connectivity index (χ1n) is 6.87. The second-order valence-corrected chi connectivity index (χ2v) is 6.38. The minimum Gasteiger partial charge on any atom is -0.444 e. The standard InChI is InChI=1S/C13H25N3O3/c1-12(2,3)19-11(17)15-4-6-16(7-5-15)13(8-14)9-18-10-13/h4-10,14H2,1-3H3. The lowest BCUT2D eigenvalue weighted by molar-refractivity contribution is -0.143. The first-order valence-corrected chi connectivity index (χ1v) is 6.87. The molecule has 19 heavy (non-hydrogen) atoms. The van der Waals surface area contributed by atoms with Crippen LogP contribution in [0.3, 0.4) is 0 Å². The second-order valence-electron chi connectivity index (χ2n) is 6.38. The van der Waals surface area contributed by atoms with E-state index in [0.29, 0.717) is 32.8 Å². The lowest BCUT2D eigenvalue weighted by atomic mass is 9.94. The van der Waals surface area contributed by atoms with E-state index in [1.165, 1.54) is 0 Å². The SMILES string of the molecule is CC(C)(C)OC(=O)N1CCN(C2(CN)COC2)CC1. The van der Waals surface area contributed by atoms with Crippen molar-refractivity contribution >= 4 is 6.09 Å². The molecule has 2 N–H and O–H groups in total. The van der Waals surface area contributed by atoms with Crippen LogP contribution in [0.4, 0.5) is 4.79 Å². The van der Waals surface area contributed by atoms with Gasteiger partial charge in [-0.3, -0.25) is 4.90 Å². The quantitative estimate of drug-likeness (QED) is 0.780. The third-order valence-corrected chi connectivity index (χ3v) is 3.72. The van der Waals surface area contributed by atoms with Gasteiger partial charge in [-0.05, 0) is 20.8 Å². The van der Waals surface area contributed by atoms with Gasteiger partial charge in [-0.15, -0.1) is 0 Å². The summed E-state index contributed by atoms with van der Waals surface area (Å²) in [4.78, 5) is 16.1. The zero-order valence-electron chi connectivity index (χ0n) is 12.1. The molecule has 0 aromatic rings. The zero-order chi connectivity index (χ0) is 14.1. The summed E-state index contributed by atoms with van der Waals surface area (Å²) in [6.07, 6.45) is -0.223. The fourth-order valence-corrected chi connectivity index (χ4v) is 2.46. The van der Waals surface area contributed by atoms with Crippen molar-refractivity contribution in [3.63, 3.8) is 0 Å². The van der Waals surface area contributed by atoms with E-state index >= 15 is 0 Å². The van der Waals surface area contributed by atoms with E-state index in [9.17, 15) is 4.79 Å². The molecule has 0 aromatic heterocycles. The third kappa shape index (κ3) is 3.19. The van der Waals surface area contributed by atoms with Gasteiger partial charge in [0.1, 0.15) is 5.60 Å². The van der Waals surface area contributed by atoms with Crippen molar-refractivity contribution in [1.82, 2.24) is 9.80 Å². The van der Waals surface area contributed by atoms with Crippen LogP contribution < -0.4 is 5.73 Å². The number of ether oxygens (including phenoxy) is 2. The zero-order valence-corrected chi connectivity index (χ0v) is 12.1. The van der Waals surface area contributed by atoms with Crippen LogP contribution in [0.2, 0.25) is 0 Å². The van der Waals surface area contributed by atoms with Gasteiger partial charge in [0.2, 0.25) is 0 Å². The molecule has 0 unspecified atom stereocenters. The van der Waals surface area contributed by atoms with Crippen LogP contribution >= 0.6 is 0 Å². The van der Waals surface area contributed by atoms with Crippen molar-refractivity contribution in [3.05, 3.63) is 0 Å². The van der Waals surface area contributed by atoms with E-state index in [2.05, 4.69) is 4.90 Å². The Bertz CT molecular complexity index is 323. The van der Waals surface area contributed by atoms with Crippen LogP contribution in [-0.2, 0) is 9.47 Å². The number of rotatable bonds is 2. The maximum atomic E-state index is 12.0. The molecule has 2 aliphatic heterocycles. The Morgan fingerprint density at radius 1 is 1.26 bits per heavy atom. The molecule has 0 aliphatic carbocycles. The molecule has 1 amide bonds. The van der Waals surface area contributed by atoms with E-state index < -0.39 is 5.60 Å². The number of carbonyl (C=O) groups is 1. The Balaban J connectivity index is 1.84. The molecule has 0 radical (unpaired) electrons. The predicted molar refractivity (Wildman–Crippen MR) is 72.0 cm³/mol. The Kier molecular flexibility index (Phi) is 4.03. The van der Waals surface area contributed by atoms with Crippen LogP contribution in [0.1, 0.15) is 20.8 Å². The molecule has 0 bridgehead atoms. The molecule has 6 heteroatoms. The molecule has 2 heterocycles. The summed E-state index contributed by atoms with van der Waals surface area (Å²) >= 11 is 0. The minimum atomic E-state index is -0.436. The minimum absolute atomic E-state index is 0.0000217. The summed E-state index contributed by atoms with van der Waals surface area (Å²) in [6, 6.07) is 0. The highest BCUT2D eigenvalue weighted by atomic mass is 16.6. The molecule has 6 nitrogen and oxygen atoms in total. The highest BCUT2D eigenvalue weighted by Crippen LogP contribution is 2.25. The largest absolute Gasteiger partial charge is 0.444 e. The van der Waals surface area contributed by atoms with Gasteiger partial charge >= 0.3 is 6.09 Å². The fraction of sp³-hybridized carbons (Fsp3) is 0.923. The lowest BCUT2D eigenvalue weighted by Gasteiger charge is -2.51. The van der Waals surface area contributed by atoms with Crippen molar-refractivity contribution in [2.45, 2.75) is 31.9 Å². The molecule has 0 atom stereocenters. The molecule has 0 spiro atoms. The number of nitrogens with two attached hydrogens (primary N) is 1. The number of hydrogen-bond donors (Lipinski definition) is 1. The monoisotopic (exact) mass is 271 g/mol. The molecule has 2 fully saturated rings. The highest BCUT2D eigenvalue weighted by molar-refractivity contribution is 5.68. The van der Waals surface area contributed by atoms with Gasteiger partial charge in [-0.1, -0.05) is 0 Å². The van der Waals surface area contributed by atoms with Gasteiger partial charge < -0.3 is 20.1 Å². The van der Waals surface area contributed by atoms with E-state index in [-0.39, 0.29) is 11.6 Å². The average Bonchev–Trinajstić information content (AvgIpc) is 2.27. The van der Waals surface area contributed by atoms with E-state index in [4.69, 9.17) is 15.2 Å². The maximum Gasteiger partial charge on any atom is 0.410 e. The predicted octanol–water partition coefficient (Wildman–Crippen LogP) is 0.267. The Morgan fingerprint density at radius 3 is 2.21 bits per heavy atom. The van der Waals surface area contributed by atoms with Gasteiger partial charge in [0.25, 0.3) is 0 Å². The van der Waals surface area contributed by atoms with E-state index in [1.54, 1.807) is 4.90 Å². The molecule has 0 saturated carbocycles. The topological polar surface area (TPSA) is 68.0 Å². The number of amides is 1. The van der Waals surface area contributed by atoms with Crippen LogP contribution in [0.5, 0.6) is 0 Å². The Hall–Kier alpha value is -0.850. The van der Waals surface area contributed by atoms with Crippen molar-refractivity contribution in [1.29, 1.82) is 0 Å². The summed E-state index contributed by atoms with van der Waals surface area (Å²) < 4.78 is 10.7. The van der Waals surface area contributed by atoms with E-state index in [1.807, 2.05) is 20.8 Å². The second kappa shape index (κ2) is 5.26. The average molecular weight is 271 g/mol. The summed E-state index contributed by atoms with van der Waals surface area (Å²) in [5.74, 6) is 0. The van der Waals surface area contributed by atoms with E-state index in [0.717, 1.165) is 13.1 Å². The summed E-state index contributed by atoms with van der Waals surface area (Å²) in [6.45, 7) is 10.7. The molecule has 0 aromatic carbocycles. The number of carbonyl (C=O) groups excluding carboxylic acids is 1. The van der Waals surface area contributed by atoms with Crippen molar-refractivity contribution in [3.8, 4) is 0 Å². The van der Waals surface area contributed by atoms with Gasteiger partial charge in [-0.25, -0.2) is 4.79 Å². The van der Waals surface area contributed by atoms with Gasteiger partial charge in [0.05, 0.1) is 18.8 Å². The molecular weight excluding hydrogens is 246 g/mol. The van der Waals surface area contributed by atoms with Gasteiger partial charge in [-0.2, -0.15) is 0 Å². The van der Waals surface area contributed by atoms with Crippen LogP contribution in [0, 0.1) is 0 Å². The van der Waals surface area contributed by atoms with Crippen molar-refractivity contribution in [2.24, 2.45) is 5.73 Å². The lowest BCUT2D eigenvalue weighted by Crippen LogP contribution is -2.69. The Labute approximate surface area is 114 Å². The van der Waals surface area contributed by atoms with Crippen LogP contribution in [0.25, 0.3) is 0 Å². The number of hydrogen-bond acceptors (Lipinski definition) is 5.